The summed E-state index contributed by atoms with van der Waals surface area (Å²) >= 11 is 1.53. The first kappa shape index (κ1) is 18.4. The molecule has 1 fully saturated rings. The molecule has 28 heavy (non-hydrogen) atoms. The molecule has 1 atom stereocenters. The van der Waals surface area contributed by atoms with E-state index in [1.54, 1.807) is 12.1 Å². The molecule has 0 saturated carbocycles. The topological polar surface area (TPSA) is 85.5 Å². The second-order valence-corrected chi connectivity index (χ2v) is 8.00. The van der Waals surface area contributed by atoms with Crippen LogP contribution in [0.4, 0.5) is 5.69 Å². The van der Waals surface area contributed by atoms with Crippen LogP contribution in [0, 0.1) is 5.92 Å². The molecule has 0 bridgehead atoms. The van der Waals surface area contributed by atoms with E-state index in [4.69, 9.17) is 10.5 Å². The highest BCUT2D eigenvalue weighted by molar-refractivity contribution is 7.18. The highest BCUT2D eigenvalue weighted by Crippen LogP contribution is 2.25. The average molecular weight is 395 g/mol. The molecular formula is C21H21N3O3S. The van der Waals surface area contributed by atoms with Crippen molar-refractivity contribution in [2.24, 2.45) is 11.7 Å². The zero-order valence-corrected chi connectivity index (χ0v) is 16.2. The molecular weight excluding hydrogens is 374 g/mol. The number of hydrogen-bond acceptors (Lipinski definition) is 6. The zero-order valence-electron chi connectivity index (χ0n) is 15.3. The molecule has 1 aromatic heterocycles. The van der Waals surface area contributed by atoms with Gasteiger partial charge in [0.15, 0.2) is 0 Å². The lowest BCUT2D eigenvalue weighted by Gasteiger charge is -2.33. The normalized spacial score (nSPS) is 16.9. The maximum absolute atomic E-state index is 12.3. The van der Waals surface area contributed by atoms with Crippen molar-refractivity contribution in [1.82, 2.24) is 4.98 Å². The fourth-order valence-electron chi connectivity index (χ4n) is 3.44. The predicted octanol–water partition coefficient (Wildman–Crippen LogP) is 3.36. The Hall–Kier alpha value is -2.93. The summed E-state index contributed by atoms with van der Waals surface area (Å²) in [6, 6.07) is 15.1. The van der Waals surface area contributed by atoms with Crippen molar-refractivity contribution in [3.8, 4) is 0 Å². The Labute approximate surface area is 166 Å². The number of piperidine rings is 1. The fraction of sp³-hybridized carbons (Fsp3) is 0.286. The van der Waals surface area contributed by atoms with Gasteiger partial charge < -0.3 is 15.4 Å². The molecule has 1 saturated heterocycles. The van der Waals surface area contributed by atoms with Gasteiger partial charge in [-0.1, -0.05) is 12.1 Å². The minimum absolute atomic E-state index is 0.118. The molecule has 2 aromatic carbocycles. The maximum atomic E-state index is 12.3. The molecule has 0 spiro atoms. The Kier molecular flexibility index (Phi) is 5.25. The van der Waals surface area contributed by atoms with E-state index < -0.39 is 0 Å². The number of amides is 1. The monoisotopic (exact) mass is 395 g/mol. The molecule has 0 unspecified atom stereocenters. The number of nitrogens with zero attached hydrogens (tertiary/aromatic N) is 2. The van der Waals surface area contributed by atoms with E-state index in [2.05, 4.69) is 9.88 Å². The summed E-state index contributed by atoms with van der Waals surface area (Å²) in [5.74, 6) is -0.744. The lowest BCUT2D eigenvalue weighted by Crippen LogP contribution is -2.41. The van der Waals surface area contributed by atoms with E-state index in [9.17, 15) is 9.59 Å². The smallest absolute Gasteiger partial charge is 0.338 e. The van der Waals surface area contributed by atoms with Gasteiger partial charge >= 0.3 is 5.97 Å². The van der Waals surface area contributed by atoms with Crippen LogP contribution in [-0.4, -0.2) is 29.9 Å². The van der Waals surface area contributed by atoms with Gasteiger partial charge in [0.05, 0.1) is 21.7 Å². The molecule has 1 amide bonds. The molecule has 1 aliphatic heterocycles. The number of para-hydroxylation sites is 1. The summed E-state index contributed by atoms with van der Waals surface area (Å²) in [7, 11) is 0. The lowest BCUT2D eigenvalue weighted by atomic mass is 9.97. The number of benzene rings is 2. The number of ether oxygens (including phenoxy) is 1. The molecule has 2 heterocycles. The molecule has 144 valence electrons. The number of esters is 1. The van der Waals surface area contributed by atoms with Crippen molar-refractivity contribution >= 4 is 39.1 Å². The number of anilines is 1. The highest BCUT2D eigenvalue weighted by Gasteiger charge is 2.24. The molecule has 3 aromatic rings. The van der Waals surface area contributed by atoms with Gasteiger partial charge in [-0.25, -0.2) is 9.78 Å². The third-order valence-corrected chi connectivity index (χ3v) is 5.97. The number of aromatic nitrogens is 1. The molecule has 4 rings (SSSR count). The highest BCUT2D eigenvalue weighted by atomic mass is 32.1. The zero-order chi connectivity index (χ0) is 19.5. The number of primary amides is 1. The third kappa shape index (κ3) is 3.99. The van der Waals surface area contributed by atoms with Crippen LogP contribution in [0.2, 0.25) is 0 Å². The number of carbonyl (C=O) groups is 2. The average Bonchev–Trinajstić information content (AvgIpc) is 3.15. The maximum Gasteiger partial charge on any atom is 0.338 e. The summed E-state index contributed by atoms with van der Waals surface area (Å²) in [6.07, 6.45) is 1.77. The van der Waals surface area contributed by atoms with E-state index >= 15 is 0 Å². The third-order valence-electron chi connectivity index (χ3n) is 4.96. The molecule has 6 nitrogen and oxygen atoms in total. The fourth-order valence-corrected chi connectivity index (χ4v) is 4.33. The van der Waals surface area contributed by atoms with Gasteiger partial charge in [-0.3, -0.25) is 4.79 Å². The predicted molar refractivity (Wildman–Crippen MR) is 109 cm³/mol. The molecule has 2 N–H and O–H groups in total. The van der Waals surface area contributed by atoms with Crippen LogP contribution in [0.1, 0.15) is 28.2 Å². The van der Waals surface area contributed by atoms with Gasteiger partial charge in [-0.2, -0.15) is 0 Å². The summed E-state index contributed by atoms with van der Waals surface area (Å²) in [6.45, 7) is 1.66. The number of thiazole rings is 1. The molecule has 0 radical (unpaired) electrons. The van der Waals surface area contributed by atoms with Crippen molar-refractivity contribution in [1.29, 1.82) is 0 Å². The molecule has 7 heteroatoms. The van der Waals surface area contributed by atoms with E-state index in [1.807, 2.05) is 36.4 Å². The van der Waals surface area contributed by atoms with Crippen molar-refractivity contribution in [2.75, 3.05) is 18.0 Å². The summed E-state index contributed by atoms with van der Waals surface area (Å²) in [5, 5.41) is 0.775. The summed E-state index contributed by atoms with van der Waals surface area (Å²) < 4.78 is 6.49. The number of hydrogen-bond donors (Lipinski definition) is 1. The largest absolute Gasteiger partial charge is 0.455 e. The minimum Gasteiger partial charge on any atom is -0.455 e. The SMILES string of the molecule is NC(=O)[C@H]1CCCN(c2ccc(C(=O)OCc3nc4ccccc4s3)cc2)C1. The van der Waals surface area contributed by atoms with E-state index in [0.717, 1.165) is 40.3 Å². The van der Waals surface area contributed by atoms with E-state index in [-0.39, 0.29) is 24.4 Å². The van der Waals surface area contributed by atoms with Crippen molar-refractivity contribution in [3.05, 3.63) is 59.1 Å². The Morgan fingerprint density at radius 3 is 2.71 bits per heavy atom. The van der Waals surface area contributed by atoms with Crippen LogP contribution in [-0.2, 0) is 16.1 Å². The molecule has 0 aliphatic carbocycles. The number of carbonyl (C=O) groups excluding carboxylic acids is 2. The summed E-state index contributed by atoms with van der Waals surface area (Å²) in [4.78, 5) is 30.4. The number of nitrogens with two attached hydrogens (primary N) is 1. The van der Waals surface area contributed by atoms with E-state index in [1.165, 1.54) is 11.3 Å². The van der Waals surface area contributed by atoms with Crippen molar-refractivity contribution < 1.29 is 14.3 Å². The quantitative estimate of drug-likeness (QED) is 0.670. The van der Waals surface area contributed by atoms with Crippen molar-refractivity contribution in [3.63, 3.8) is 0 Å². The Morgan fingerprint density at radius 2 is 1.96 bits per heavy atom. The number of fused-ring (bicyclic) bond motifs is 1. The Bertz CT molecular complexity index is 967. The van der Waals surface area contributed by atoms with Gasteiger partial charge in [-0.05, 0) is 49.2 Å². The van der Waals surface area contributed by atoms with Crippen LogP contribution in [0.5, 0.6) is 0 Å². The first-order valence-electron chi connectivity index (χ1n) is 9.26. The summed E-state index contributed by atoms with van der Waals surface area (Å²) in [5.41, 5.74) is 7.84. The Morgan fingerprint density at radius 1 is 1.18 bits per heavy atom. The van der Waals surface area contributed by atoms with Crippen molar-refractivity contribution in [2.45, 2.75) is 19.4 Å². The van der Waals surface area contributed by atoms with Crippen LogP contribution in [0.25, 0.3) is 10.2 Å². The first-order chi connectivity index (χ1) is 13.6. The van der Waals surface area contributed by atoms with Crippen LogP contribution in [0.15, 0.2) is 48.5 Å². The lowest BCUT2D eigenvalue weighted by molar-refractivity contribution is -0.122. The standard InChI is InChI=1S/C21H21N3O3S/c22-20(25)15-4-3-11-24(12-15)16-9-7-14(8-10-16)21(26)27-13-19-23-17-5-1-2-6-18(17)28-19/h1-2,5-10,15H,3-4,11-13H2,(H2,22,25)/t15-/m0/s1. The van der Waals surface area contributed by atoms with Gasteiger partial charge in [0.1, 0.15) is 11.6 Å². The molecule has 1 aliphatic rings. The minimum atomic E-state index is -0.375. The van der Waals surface area contributed by atoms with Gasteiger partial charge in [0.25, 0.3) is 0 Å². The van der Waals surface area contributed by atoms with Gasteiger partial charge in [0.2, 0.25) is 5.91 Å². The van der Waals surface area contributed by atoms with Gasteiger partial charge in [0, 0.05) is 18.8 Å². The van der Waals surface area contributed by atoms with Gasteiger partial charge in [-0.15, -0.1) is 11.3 Å². The second-order valence-electron chi connectivity index (χ2n) is 6.89. The van der Waals surface area contributed by atoms with Crippen LogP contribution < -0.4 is 10.6 Å². The first-order valence-corrected chi connectivity index (χ1v) is 10.1. The van der Waals surface area contributed by atoms with Crippen LogP contribution >= 0.6 is 11.3 Å². The second kappa shape index (κ2) is 7.98. The number of rotatable bonds is 5. The van der Waals surface area contributed by atoms with E-state index in [0.29, 0.717) is 12.1 Å². The van der Waals surface area contributed by atoms with Crippen LogP contribution in [0.3, 0.4) is 0 Å². The Balaban J connectivity index is 1.37.